The molecule has 1 heterocycles. The van der Waals surface area contributed by atoms with Crippen molar-refractivity contribution in [3.63, 3.8) is 0 Å². The van der Waals surface area contributed by atoms with Crippen molar-refractivity contribution >= 4 is 0 Å². The van der Waals surface area contributed by atoms with Crippen LogP contribution in [0, 0.1) is 0 Å². The minimum Gasteiger partial charge on any atom is -0.387 e. The zero-order chi connectivity index (χ0) is 9.30. The lowest BCUT2D eigenvalue weighted by Gasteiger charge is -2.37. The Bertz CT molecular complexity index is 150. The van der Waals surface area contributed by atoms with Crippen LogP contribution in [0.25, 0.3) is 0 Å². The van der Waals surface area contributed by atoms with Crippen LogP contribution in [0.15, 0.2) is 0 Å². The maximum atomic E-state index is 12.0. The first-order valence-electron chi connectivity index (χ1n) is 3.51. The standard InChI is InChI=1S/C6H11FO5/c7-1-2-3(8)4(9)5(10)6(11)12-2/h2-6,8-11H,1H2/t2-,3+,4+,5-,6-/m0/s1. The molecule has 1 aliphatic rings. The van der Waals surface area contributed by atoms with Crippen LogP contribution in [0.3, 0.4) is 0 Å². The molecule has 0 radical (unpaired) electrons. The summed E-state index contributed by atoms with van der Waals surface area (Å²) in [4.78, 5) is 0. The number of alkyl halides is 1. The van der Waals surface area contributed by atoms with Crippen molar-refractivity contribution in [1.82, 2.24) is 0 Å². The molecule has 1 rings (SSSR count). The third-order valence-corrected chi connectivity index (χ3v) is 1.84. The van der Waals surface area contributed by atoms with Crippen molar-refractivity contribution in [2.24, 2.45) is 0 Å². The van der Waals surface area contributed by atoms with Gasteiger partial charge in [0.15, 0.2) is 6.29 Å². The lowest BCUT2D eigenvalue weighted by molar-refractivity contribution is -0.283. The molecule has 0 aromatic rings. The maximum Gasteiger partial charge on any atom is 0.184 e. The van der Waals surface area contributed by atoms with Crippen molar-refractivity contribution in [2.75, 3.05) is 6.67 Å². The highest BCUT2D eigenvalue weighted by atomic mass is 19.1. The van der Waals surface area contributed by atoms with E-state index in [2.05, 4.69) is 4.74 Å². The summed E-state index contributed by atoms with van der Waals surface area (Å²) in [6.07, 6.45) is -7.60. The summed E-state index contributed by atoms with van der Waals surface area (Å²) in [6.45, 7) is -1.03. The monoisotopic (exact) mass is 182 g/mol. The van der Waals surface area contributed by atoms with E-state index in [9.17, 15) is 4.39 Å². The fourth-order valence-electron chi connectivity index (χ4n) is 1.06. The highest BCUT2D eigenvalue weighted by molar-refractivity contribution is 4.88. The van der Waals surface area contributed by atoms with Crippen LogP contribution in [0.1, 0.15) is 0 Å². The molecule has 1 aliphatic heterocycles. The summed E-state index contributed by atoms with van der Waals surface area (Å²) in [6, 6.07) is 0. The molecule has 0 amide bonds. The predicted octanol–water partition coefficient (Wildman–Crippen LogP) is -2.24. The van der Waals surface area contributed by atoms with Crippen LogP contribution in [0.4, 0.5) is 4.39 Å². The van der Waals surface area contributed by atoms with Gasteiger partial charge in [-0.25, -0.2) is 4.39 Å². The Balaban J connectivity index is 2.63. The molecular weight excluding hydrogens is 171 g/mol. The van der Waals surface area contributed by atoms with E-state index >= 15 is 0 Å². The van der Waals surface area contributed by atoms with Gasteiger partial charge in [-0.05, 0) is 0 Å². The predicted molar refractivity (Wildman–Crippen MR) is 34.9 cm³/mol. The molecule has 0 spiro atoms. The van der Waals surface area contributed by atoms with Crippen LogP contribution < -0.4 is 0 Å². The molecule has 72 valence electrons. The number of hydrogen-bond donors (Lipinski definition) is 4. The quantitative estimate of drug-likeness (QED) is 0.368. The van der Waals surface area contributed by atoms with Gasteiger partial charge in [0.05, 0.1) is 0 Å². The van der Waals surface area contributed by atoms with E-state index in [1.165, 1.54) is 0 Å². The van der Waals surface area contributed by atoms with Gasteiger partial charge >= 0.3 is 0 Å². The fraction of sp³-hybridized carbons (Fsp3) is 1.00. The Labute approximate surface area is 68.0 Å². The second-order valence-electron chi connectivity index (χ2n) is 2.69. The van der Waals surface area contributed by atoms with E-state index in [1.54, 1.807) is 0 Å². The van der Waals surface area contributed by atoms with Gasteiger partial charge in [0, 0.05) is 0 Å². The molecule has 1 saturated heterocycles. The number of aliphatic hydroxyl groups excluding tert-OH is 4. The summed E-state index contributed by atoms with van der Waals surface area (Å²) in [7, 11) is 0. The zero-order valence-corrected chi connectivity index (χ0v) is 6.17. The van der Waals surface area contributed by atoms with Crippen LogP contribution in [0.5, 0.6) is 0 Å². The second-order valence-corrected chi connectivity index (χ2v) is 2.69. The largest absolute Gasteiger partial charge is 0.387 e. The van der Waals surface area contributed by atoms with Crippen molar-refractivity contribution in [1.29, 1.82) is 0 Å². The lowest BCUT2D eigenvalue weighted by atomic mass is 10.00. The molecule has 1 fully saturated rings. The smallest absolute Gasteiger partial charge is 0.184 e. The Morgan fingerprint density at radius 1 is 1.00 bits per heavy atom. The van der Waals surface area contributed by atoms with E-state index in [0.29, 0.717) is 0 Å². The molecule has 5 nitrogen and oxygen atoms in total. The van der Waals surface area contributed by atoms with Gasteiger partial charge < -0.3 is 25.2 Å². The van der Waals surface area contributed by atoms with E-state index in [-0.39, 0.29) is 0 Å². The molecule has 5 atom stereocenters. The maximum absolute atomic E-state index is 12.0. The molecule has 0 aliphatic carbocycles. The zero-order valence-electron chi connectivity index (χ0n) is 6.17. The molecule has 0 aromatic heterocycles. The fourth-order valence-corrected chi connectivity index (χ4v) is 1.06. The van der Waals surface area contributed by atoms with Crippen LogP contribution >= 0.6 is 0 Å². The SMILES string of the molecule is O[C@@H]1[C@H](O)[C@H](CF)O[C@H](O)[C@H]1O. The number of rotatable bonds is 1. The van der Waals surface area contributed by atoms with Crippen LogP contribution in [-0.4, -0.2) is 57.8 Å². The summed E-state index contributed by atoms with van der Waals surface area (Å²) in [5.74, 6) is 0. The molecular formula is C6H11FO5. The van der Waals surface area contributed by atoms with Gasteiger partial charge in [0.2, 0.25) is 0 Å². The molecule has 0 aromatic carbocycles. The highest BCUT2D eigenvalue weighted by Crippen LogP contribution is 2.19. The summed E-state index contributed by atoms with van der Waals surface area (Å²) in [5, 5.41) is 35.8. The molecule has 0 saturated carbocycles. The first-order valence-corrected chi connectivity index (χ1v) is 3.51. The third-order valence-electron chi connectivity index (χ3n) is 1.84. The van der Waals surface area contributed by atoms with Crippen LogP contribution in [0.2, 0.25) is 0 Å². The summed E-state index contributed by atoms with van der Waals surface area (Å²) in [5.41, 5.74) is 0. The number of ether oxygens (including phenoxy) is 1. The Morgan fingerprint density at radius 3 is 2.08 bits per heavy atom. The first kappa shape index (κ1) is 9.82. The highest BCUT2D eigenvalue weighted by Gasteiger charge is 2.42. The normalized spacial score (nSPS) is 49.2. The van der Waals surface area contributed by atoms with Gasteiger partial charge in [-0.2, -0.15) is 0 Å². The van der Waals surface area contributed by atoms with Crippen molar-refractivity contribution in [2.45, 2.75) is 30.7 Å². The topological polar surface area (TPSA) is 90.2 Å². The summed E-state index contributed by atoms with van der Waals surface area (Å²) >= 11 is 0. The number of hydrogen-bond acceptors (Lipinski definition) is 5. The molecule has 0 bridgehead atoms. The number of aliphatic hydroxyl groups is 4. The molecule has 6 heteroatoms. The van der Waals surface area contributed by atoms with Gasteiger partial charge in [-0.15, -0.1) is 0 Å². The minimum atomic E-state index is -1.65. The third kappa shape index (κ3) is 1.57. The van der Waals surface area contributed by atoms with Gasteiger partial charge in [0.1, 0.15) is 31.1 Å². The van der Waals surface area contributed by atoms with Crippen LogP contribution in [-0.2, 0) is 4.74 Å². The molecule has 12 heavy (non-hydrogen) atoms. The van der Waals surface area contributed by atoms with E-state index in [1.807, 2.05) is 0 Å². The first-order chi connectivity index (χ1) is 5.57. The van der Waals surface area contributed by atoms with Crippen molar-refractivity contribution in [3.05, 3.63) is 0 Å². The average Bonchev–Trinajstić information content (AvgIpc) is 2.08. The molecule has 4 N–H and O–H groups in total. The number of halogens is 1. The van der Waals surface area contributed by atoms with Gasteiger partial charge in [-0.1, -0.05) is 0 Å². The van der Waals surface area contributed by atoms with E-state index in [0.717, 1.165) is 0 Å². The van der Waals surface area contributed by atoms with Crippen molar-refractivity contribution < 1.29 is 29.6 Å². The van der Waals surface area contributed by atoms with E-state index < -0.39 is 37.4 Å². The average molecular weight is 182 g/mol. The second kappa shape index (κ2) is 3.63. The van der Waals surface area contributed by atoms with Gasteiger partial charge in [0.25, 0.3) is 0 Å². The minimum absolute atomic E-state index is 1.03. The Hall–Kier alpha value is -0.270. The Kier molecular flexibility index (Phi) is 2.97. The van der Waals surface area contributed by atoms with E-state index in [4.69, 9.17) is 20.4 Å². The van der Waals surface area contributed by atoms with Gasteiger partial charge in [-0.3, -0.25) is 0 Å². The summed E-state index contributed by atoms with van der Waals surface area (Å²) < 4.78 is 16.5. The van der Waals surface area contributed by atoms with Crippen molar-refractivity contribution in [3.8, 4) is 0 Å². The Morgan fingerprint density at radius 2 is 1.58 bits per heavy atom. The lowest BCUT2D eigenvalue weighted by Crippen LogP contribution is -2.58. The molecule has 0 unspecified atom stereocenters.